The summed E-state index contributed by atoms with van der Waals surface area (Å²) in [5.74, 6) is -0.372. The number of hydrogen-bond donors (Lipinski definition) is 2. The predicted molar refractivity (Wildman–Crippen MR) is 78.9 cm³/mol. The van der Waals surface area contributed by atoms with E-state index >= 15 is 0 Å². The molecular weight excluding hydrogens is 256 g/mol. The molecule has 0 unspecified atom stereocenters. The molecule has 0 spiro atoms. The molecule has 0 aliphatic rings. The lowest BCUT2D eigenvalue weighted by Crippen LogP contribution is -2.16. The highest BCUT2D eigenvalue weighted by molar-refractivity contribution is 5.99. The van der Waals surface area contributed by atoms with Gasteiger partial charge < -0.3 is 20.5 Å². The quantitative estimate of drug-likeness (QED) is 0.837. The number of carboxylic acid groups (broad SMARTS) is 1. The van der Waals surface area contributed by atoms with Gasteiger partial charge in [-0.05, 0) is 24.3 Å². The van der Waals surface area contributed by atoms with Gasteiger partial charge in [0.1, 0.15) is 5.75 Å². The highest BCUT2D eigenvalue weighted by Crippen LogP contribution is 2.37. The number of hydrogen-bond acceptors (Lipinski definition) is 4. The van der Waals surface area contributed by atoms with Crippen molar-refractivity contribution in [2.75, 3.05) is 24.8 Å². The fourth-order valence-corrected chi connectivity index (χ4v) is 2.14. The SMILES string of the molecule is COc1ccccc1N(C)c1c(N)cccc1C(=O)O. The number of para-hydroxylation sites is 3. The average Bonchev–Trinajstić information content (AvgIpc) is 2.46. The number of methoxy groups -OCH3 is 1. The summed E-state index contributed by atoms with van der Waals surface area (Å²) in [6.07, 6.45) is 0. The van der Waals surface area contributed by atoms with Crippen LogP contribution in [0.15, 0.2) is 42.5 Å². The van der Waals surface area contributed by atoms with Gasteiger partial charge in [-0.2, -0.15) is 0 Å². The molecule has 0 fully saturated rings. The van der Waals surface area contributed by atoms with Crippen LogP contribution in [0.3, 0.4) is 0 Å². The first-order chi connectivity index (χ1) is 9.56. The molecule has 3 N–H and O–H groups in total. The van der Waals surface area contributed by atoms with E-state index < -0.39 is 5.97 Å². The normalized spacial score (nSPS) is 10.1. The summed E-state index contributed by atoms with van der Waals surface area (Å²) < 4.78 is 5.30. The van der Waals surface area contributed by atoms with Crippen molar-refractivity contribution in [2.45, 2.75) is 0 Å². The molecule has 0 aliphatic carbocycles. The van der Waals surface area contributed by atoms with Crippen LogP contribution >= 0.6 is 0 Å². The zero-order valence-corrected chi connectivity index (χ0v) is 11.3. The Morgan fingerprint density at radius 2 is 1.90 bits per heavy atom. The Morgan fingerprint density at radius 3 is 2.55 bits per heavy atom. The minimum Gasteiger partial charge on any atom is -0.495 e. The molecule has 20 heavy (non-hydrogen) atoms. The molecule has 0 radical (unpaired) electrons. The fraction of sp³-hybridized carbons (Fsp3) is 0.133. The van der Waals surface area contributed by atoms with Crippen LogP contribution in [0.1, 0.15) is 10.4 Å². The second kappa shape index (κ2) is 5.52. The molecule has 0 saturated carbocycles. The van der Waals surface area contributed by atoms with Crippen LogP contribution in [-0.4, -0.2) is 25.2 Å². The van der Waals surface area contributed by atoms with Crippen LogP contribution in [0.2, 0.25) is 0 Å². The van der Waals surface area contributed by atoms with E-state index in [1.54, 1.807) is 31.2 Å². The maximum absolute atomic E-state index is 11.4. The summed E-state index contributed by atoms with van der Waals surface area (Å²) in [4.78, 5) is 13.1. The Morgan fingerprint density at radius 1 is 1.20 bits per heavy atom. The van der Waals surface area contributed by atoms with E-state index in [-0.39, 0.29) is 5.56 Å². The van der Waals surface area contributed by atoms with E-state index in [2.05, 4.69) is 0 Å². The van der Waals surface area contributed by atoms with Crippen molar-refractivity contribution in [3.63, 3.8) is 0 Å². The number of nitrogens with zero attached hydrogens (tertiary/aromatic N) is 1. The fourth-order valence-electron chi connectivity index (χ4n) is 2.14. The van der Waals surface area contributed by atoms with Gasteiger partial charge in [0.15, 0.2) is 0 Å². The minimum atomic E-state index is -1.02. The van der Waals surface area contributed by atoms with Gasteiger partial charge in [-0.25, -0.2) is 4.79 Å². The van der Waals surface area contributed by atoms with Gasteiger partial charge in [-0.15, -0.1) is 0 Å². The third kappa shape index (κ3) is 2.38. The summed E-state index contributed by atoms with van der Waals surface area (Å²) in [5, 5.41) is 9.30. The van der Waals surface area contributed by atoms with Crippen LogP contribution in [0, 0.1) is 0 Å². The molecule has 0 heterocycles. The number of ether oxygens (including phenoxy) is 1. The van der Waals surface area contributed by atoms with Gasteiger partial charge in [-0.3, -0.25) is 0 Å². The minimum absolute atomic E-state index is 0.151. The first-order valence-electron chi connectivity index (χ1n) is 6.04. The van der Waals surface area contributed by atoms with Crippen LogP contribution in [0.4, 0.5) is 17.1 Å². The van der Waals surface area contributed by atoms with E-state index in [1.165, 1.54) is 6.07 Å². The van der Waals surface area contributed by atoms with Crippen molar-refractivity contribution in [1.29, 1.82) is 0 Å². The van der Waals surface area contributed by atoms with Crippen LogP contribution in [-0.2, 0) is 0 Å². The zero-order chi connectivity index (χ0) is 14.7. The zero-order valence-electron chi connectivity index (χ0n) is 11.3. The van der Waals surface area contributed by atoms with Crippen molar-refractivity contribution >= 4 is 23.0 Å². The molecular formula is C15H16N2O3. The number of aromatic carboxylic acids is 1. The highest BCUT2D eigenvalue weighted by Gasteiger charge is 2.19. The molecule has 0 aromatic heterocycles. The van der Waals surface area contributed by atoms with Gasteiger partial charge in [0.05, 0.1) is 29.7 Å². The van der Waals surface area contributed by atoms with Crippen molar-refractivity contribution in [2.24, 2.45) is 0 Å². The maximum Gasteiger partial charge on any atom is 0.337 e. The largest absolute Gasteiger partial charge is 0.495 e. The first kappa shape index (κ1) is 13.7. The number of nitrogens with two attached hydrogens (primary N) is 1. The lowest BCUT2D eigenvalue weighted by Gasteiger charge is -2.24. The number of rotatable bonds is 4. The average molecular weight is 272 g/mol. The number of nitrogen functional groups attached to an aromatic ring is 1. The predicted octanol–water partition coefficient (Wildman–Crippen LogP) is 2.74. The Balaban J connectivity index is 2.59. The molecule has 0 atom stereocenters. The summed E-state index contributed by atoms with van der Waals surface area (Å²) >= 11 is 0. The summed E-state index contributed by atoms with van der Waals surface area (Å²) in [5.41, 5.74) is 7.69. The molecule has 0 bridgehead atoms. The third-order valence-corrected chi connectivity index (χ3v) is 3.08. The highest BCUT2D eigenvalue weighted by atomic mass is 16.5. The lowest BCUT2D eigenvalue weighted by atomic mass is 10.1. The summed E-state index contributed by atoms with van der Waals surface area (Å²) in [7, 11) is 3.33. The van der Waals surface area contributed by atoms with Crippen LogP contribution in [0.5, 0.6) is 5.75 Å². The lowest BCUT2D eigenvalue weighted by molar-refractivity contribution is 0.0697. The van der Waals surface area contributed by atoms with Gasteiger partial charge in [0.25, 0.3) is 0 Å². The number of anilines is 3. The second-order valence-electron chi connectivity index (χ2n) is 4.28. The smallest absolute Gasteiger partial charge is 0.337 e. The van der Waals surface area contributed by atoms with E-state index in [0.717, 1.165) is 5.69 Å². The molecule has 104 valence electrons. The van der Waals surface area contributed by atoms with Gasteiger partial charge in [0.2, 0.25) is 0 Å². The van der Waals surface area contributed by atoms with Gasteiger partial charge in [0, 0.05) is 7.05 Å². The summed E-state index contributed by atoms with van der Waals surface area (Å²) in [6.45, 7) is 0. The topological polar surface area (TPSA) is 75.8 Å². The number of benzene rings is 2. The number of carboxylic acids is 1. The molecule has 0 aliphatic heterocycles. The molecule has 5 nitrogen and oxygen atoms in total. The van der Waals surface area contributed by atoms with Crippen LogP contribution < -0.4 is 15.4 Å². The molecule has 2 aromatic carbocycles. The van der Waals surface area contributed by atoms with Crippen molar-refractivity contribution in [3.8, 4) is 5.75 Å². The second-order valence-corrected chi connectivity index (χ2v) is 4.28. The van der Waals surface area contributed by atoms with E-state index in [9.17, 15) is 9.90 Å². The van der Waals surface area contributed by atoms with Gasteiger partial charge >= 0.3 is 5.97 Å². The van der Waals surface area contributed by atoms with Crippen molar-refractivity contribution < 1.29 is 14.6 Å². The van der Waals surface area contributed by atoms with Crippen LogP contribution in [0.25, 0.3) is 0 Å². The maximum atomic E-state index is 11.4. The van der Waals surface area contributed by atoms with E-state index in [4.69, 9.17) is 10.5 Å². The van der Waals surface area contributed by atoms with Gasteiger partial charge in [-0.1, -0.05) is 18.2 Å². The molecule has 0 amide bonds. The molecule has 2 aromatic rings. The Kier molecular flexibility index (Phi) is 3.79. The summed E-state index contributed by atoms with van der Waals surface area (Å²) in [6, 6.07) is 12.2. The van der Waals surface area contributed by atoms with E-state index in [0.29, 0.717) is 17.1 Å². The Hall–Kier alpha value is -2.69. The first-order valence-corrected chi connectivity index (χ1v) is 6.04. The van der Waals surface area contributed by atoms with Crippen molar-refractivity contribution in [1.82, 2.24) is 0 Å². The van der Waals surface area contributed by atoms with Crippen molar-refractivity contribution in [3.05, 3.63) is 48.0 Å². The number of carbonyl (C=O) groups is 1. The molecule has 2 rings (SSSR count). The van der Waals surface area contributed by atoms with E-state index in [1.807, 2.05) is 24.3 Å². The Bertz CT molecular complexity index is 641. The molecule has 5 heteroatoms. The Labute approximate surface area is 117 Å². The monoisotopic (exact) mass is 272 g/mol. The molecule has 0 saturated heterocycles. The standard InChI is InChI=1S/C15H16N2O3/c1-17(12-8-3-4-9-13(12)20-2)14-10(15(18)19)6-5-7-11(14)16/h3-9H,16H2,1-2H3,(H,18,19). The third-order valence-electron chi connectivity index (χ3n) is 3.08.